The van der Waals surface area contributed by atoms with Gasteiger partial charge in [0.25, 0.3) is 0 Å². The van der Waals surface area contributed by atoms with Crippen LogP contribution >= 0.6 is 0 Å². The monoisotopic (exact) mass is 264 g/mol. The fraction of sp³-hybridized carbons (Fsp3) is 0.235. The third kappa shape index (κ3) is 1.86. The number of rotatable bonds is 2. The molecule has 3 nitrogen and oxygen atoms in total. The molecule has 3 heteroatoms. The Labute approximate surface area is 117 Å². The van der Waals surface area contributed by atoms with E-state index in [9.17, 15) is 0 Å². The van der Waals surface area contributed by atoms with E-state index >= 15 is 0 Å². The van der Waals surface area contributed by atoms with E-state index in [1.165, 1.54) is 10.9 Å². The van der Waals surface area contributed by atoms with Crippen molar-refractivity contribution < 1.29 is 4.42 Å². The van der Waals surface area contributed by atoms with Crippen molar-refractivity contribution in [2.45, 2.75) is 25.3 Å². The molecule has 2 heterocycles. The number of anilines is 1. The number of fused-ring (bicyclic) bond motifs is 2. The number of nitrogens with one attached hydrogen (secondary N) is 1. The van der Waals surface area contributed by atoms with Crippen LogP contribution in [0.2, 0.25) is 0 Å². The van der Waals surface area contributed by atoms with E-state index in [1.54, 1.807) is 6.26 Å². The summed E-state index contributed by atoms with van der Waals surface area (Å²) in [6.45, 7) is 0. The minimum absolute atomic E-state index is 0.324. The van der Waals surface area contributed by atoms with Crippen molar-refractivity contribution in [3.8, 4) is 0 Å². The second kappa shape index (κ2) is 4.67. The highest BCUT2D eigenvalue weighted by atomic mass is 16.3. The highest BCUT2D eigenvalue weighted by Crippen LogP contribution is 2.34. The van der Waals surface area contributed by atoms with Crippen molar-refractivity contribution in [2.75, 3.05) is 5.32 Å². The molecule has 0 amide bonds. The number of para-hydroxylation sites is 1. The molecule has 1 unspecified atom stereocenters. The summed E-state index contributed by atoms with van der Waals surface area (Å²) in [5, 5.41) is 4.81. The van der Waals surface area contributed by atoms with Gasteiger partial charge in [-0.1, -0.05) is 18.2 Å². The van der Waals surface area contributed by atoms with E-state index in [-0.39, 0.29) is 0 Å². The van der Waals surface area contributed by atoms with Gasteiger partial charge in [-0.15, -0.1) is 0 Å². The van der Waals surface area contributed by atoms with Crippen molar-refractivity contribution in [1.82, 2.24) is 4.98 Å². The molecule has 0 aliphatic heterocycles. The fourth-order valence-electron chi connectivity index (χ4n) is 3.04. The highest BCUT2D eigenvalue weighted by molar-refractivity contribution is 5.90. The van der Waals surface area contributed by atoms with Gasteiger partial charge in [0, 0.05) is 23.6 Å². The van der Waals surface area contributed by atoms with Crippen LogP contribution in [0, 0.1) is 0 Å². The van der Waals surface area contributed by atoms with Crippen LogP contribution in [0.25, 0.3) is 10.9 Å². The minimum atomic E-state index is 0.324. The average molecular weight is 264 g/mol. The predicted molar refractivity (Wildman–Crippen MR) is 79.8 cm³/mol. The van der Waals surface area contributed by atoms with Gasteiger partial charge in [0.05, 0.1) is 23.5 Å². The molecule has 4 rings (SSSR count). The molecule has 0 saturated carbocycles. The second-order valence-electron chi connectivity index (χ2n) is 5.27. The van der Waals surface area contributed by atoms with Gasteiger partial charge >= 0.3 is 0 Å². The average Bonchev–Trinajstić information content (AvgIpc) is 2.97. The molecule has 3 aromatic rings. The number of benzene rings is 1. The molecule has 1 aliphatic rings. The van der Waals surface area contributed by atoms with Gasteiger partial charge in [0.2, 0.25) is 0 Å². The topological polar surface area (TPSA) is 38.1 Å². The van der Waals surface area contributed by atoms with E-state index in [2.05, 4.69) is 40.6 Å². The lowest BCUT2D eigenvalue weighted by molar-refractivity contribution is 0.461. The number of aromatic nitrogens is 1. The zero-order chi connectivity index (χ0) is 13.4. The summed E-state index contributed by atoms with van der Waals surface area (Å²) in [5.41, 5.74) is 3.43. The standard InChI is InChI=1S/C17H16N2O/c1-4-12-5-3-10-18-17(12)15(7-1)19-14-6-2-8-16-13(14)9-11-20-16/h1,3-5,7,9-11,14,19H,2,6,8H2. The van der Waals surface area contributed by atoms with E-state index in [4.69, 9.17) is 4.42 Å². The van der Waals surface area contributed by atoms with Crippen LogP contribution < -0.4 is 5.32 Å². The van der Waals surface area contributed by atoms with Crippen molar-refractivity contribution in [1.29, 1.82) is 0 Å². The zero-order valence-corrected chi connectivity index (χ0v) is 11.2. The van der Waals surface area contributed by atoms with Gasteiger partial charge in [-0.25, -0.2) is 0 Å². The number of aryl methyl sites for hydroxylation is 1. The summed E-state index contributed by atoms with van der Waals surface area (Å²) in [4.78, 5) is 4.50. The summed E-state index contributed by atoms with van der Waals surface area (Å²) in [5.74, 6) is 1.13. The molecule has 1 atom stereocenters. The summed E-state index contributed by atoms with van der Waals surface area (Å²) in [7, 11) is 0. The first-order valence-corrected chi connectivity index (χ1v) is 7.08. The smallest absolute Gasteiger partial charge is 0.109 e. The van der Waals surface area contributed by atoms with Crippen molar-refractivity contribution in [2.24, 2.45) is 0 Å². The number of furan rings is 1. The Balaban J connectivity index is 1.73. The molecule has 0 spiro atoms. The first-order chi connectivity index (χ1) is 9.92. The molecule has 1 aliphatic carbocycles. The SMILES string of the molecule is c1cnc2c(NC3CCCc4occc43)cccc2c1. The molecule has 20 heavy (non-hydrogen) atoms. The second-order valence-corrected chi connectivity index (χ2v) is 5.27. The van der Waals surface area contributed by atoms with Crippen molar-refractivity contribution >= 4 is 16.6 Å². The van der Waals surface area contributed by atoms with Crippen LogP contribution in [0.3, 0.4) is 0 Å². The molecular formula is C17H16N2O. The maximum absolute atomic E-state index is 5.56. The third-order valence-corrected chi connectivity index (χ3v) is 4.01. The molecule has 0 saturated heterocycles. The quantitative estimate of drug-likeness (QED) is 0.749. The Morgan fingerprint density at radius 1 is 1.15 bits per heavy atom. The summed E-state index contributed by atoms with van der Waals surface area (Å²) < 4.78 is 5.56. The van der Waals surface area contributed by atoms with Crippen LogP contribution in [0.1, 0.15) is 30.2 Å². The first kappa shape index (κ1) is 11.5. The normalized spacial score (nSPS) is 17.9. The maximum atomic E-state index is 5.56. The number of pyridine rings is 1. The summed E-state index contributed by atoms with van der Waals surface area (Å²) in [6.07, 6.45) is 6.99. The van der Waals surface area contributed by atoms with Crippen molar-refractivity contribution in [3.63, 3.8) is 0 Å². The fourth-order valence-corrected chi connectivity index (χ4v) is 3.04. The molecule has 0 radical (unpaired) electrons. The number of hydrogen-bond donors (Lipinski definition) is 1. The van der Waals surface area contributed by atoms with Gasteiger partial charge in [-0.05, 0) is 31.0 Å². The lowest BCUT2D eigenvalue weighted by Gasteiger charge is -2.24. The molecule has 100 valence electrons. The maximum Gasteiger partial charge on any atom is 0.109 e. The van der Waals surface area contributed by atoms with Crippen LogP contribution in [0.5, 0.6) is 0 Å². The lowest BCUT2D eigenvalue weighted by atomic mass is 9.93. The van der Waals surface area contributed by atoms with E-state index in [0.29, 0.717) is 6.04 Å². The zero-order valence-electron chi connectivity index (χ0n) is 11.2. The van der Waals surface area contributed by atoms with E-state index in [1.807, 2.05) is 12.3 Å². The van der Waals surface area contributed by atoms with Gasteiger partial charge < -0.3 is 9.73 Å². The Bertz CT molecular complexity index is 742. The Hall–Kier alpha value is -2.29. The van der Waals surface area contributed by atoms with Crippen LogP contribution in [0.4, 0.5) is 5.69 Å². The van der Waals surface area contributed by atoms with E-state index in [0.717, 1.165) is 36.2 Å². The predicted octanol–water partition coefficient (Wildman–Crippen LogP) is 4.32. The first-order valence-electron chi connectivity index (χ1n) is 7.08. The van der Waals surface area contributed by atoms with Gasteiger partial charge in [-0.3, -0.25) is 4.98 Å². The van der Waals surface area contributed by atoms with Crippen molar-refractivity contribution in [3.05, 3.63) is 60.2 Å². The molecule has 1 N–H and O–H groups in total. The Kier molecular flexibility index (Phi) is 2.69. The molecular weight excluding hydrogens is 248 g/mol. The Morgan fingerprint density at radius 2 is 2.10 bits per heavy atom. The highest BCUT2D eigenvalue weighted by Gasteiger charge is 2.22. The van der Waals surface area contributed by atoms with E-state index < -0.39 is 0 Å². The largest absolute Gasteiger partial charge is 0.469 e. The minimum Gasteiger partial charge on any atom is -0.469 e. The molecule has 0 fully saturated rings. The lowest BCUT2D eigenvalue weighted by Crippen LogP contribution is -2.16. The van der Waals surface area contributed by atoms with Crippen LogP contribution in [0.15, 0.2) is 53.3 Å². The van der Waals surface area contributed by atoms with Gasteiger partial charge in [-0.2, -0.15) is 0 Å². The summed E-state index contributed by atoms with van der Waals surface area (Å²) in [6, 6.07) is 12.8. The molecule has 2 aromatic heterocycles. The third-order valence-electron chi connectivity index (χ3n) is 4.01. The number of hydrogen-bond acceptors (Lipinski definition) is 3. The molecule has 1 aromatic carbocycles. The molecule has 0 bridgehead atoms. The van der Waals surface area contributed by atoms with Crippen LogP contribution in [-0.2, 0) is 6.42 Å². The van der Waals surface area contributed by atoms with Gasteiger partial charge in [0.1, 0.15) is 5.76 Å². The van der Waals surface area contributed by atoms with Crippen LogP contribution in [-0.4, -0.2) is 4.98 Å². The Morgan fingerprint density at radius 3 is 3.10 bits per heavy atom. The summed E-state index contributed by atoms with van der Waals surface area (Å²) >= 11 is 0. The van der Waals surface area contributed by atoms with Gasteiger partial charge in [0.15, 0.2) is 0 Å². The number of nitrogens with zero attached hydrogens (tertiary/aromatic N) is 1.